The van der Waals surface area contributed by atoms with Gasteiger partial charge in [-0.2, -0.15) is 0 Å². The minimum Gasteiger partial charge on any atom is -0.495 e. The fourth-order valence-electron chi connectivity index (χ4n) is 2.71. The summed E-state index contributed by atoms with van der Waals surface area (Å²) in [5.74, 6) is 1.26. The minimum absolute atomic E-state index is 0.0455. The van der Waals surface area contributed by atoms with Crippen LogP contribution in [0.3, 0.4) is 0 Å². The van der Waals surface area contributed by atoms with Gasteiger partial charge in [-0.15, -0.1) is 10.2 Å². The first-order valence-electron chi connectivity index (χ1n) is 8.50. The molecular formula is C20H19ClN2O3S. The molecule has 27 heavy (non-hydrogen) atoms. The summed E-state index contributed by atoms with van der Waals surface area (Å²) in [6, 6.07) is 15.0. The van der Waals surface area contributed by atoms with Crippen LogP contribution in [0.1, 0.15) is 41.1 Å². The van der Waals surface area contributed by atoms with E-state index < -0.39 is 0 Å². The number of ether oxygens (including phenoxy) is 1. The smallest absolute Gasteiger partial charge is 0.277 e. The van der Waals surface area contributed by atoms with Gasteiger partial charge in [0.05, 0.1) is 23.8 Å². The second-order valence-corrected chi connectivity index (χ2v) is 7.17. The highest BCUT2D eigenvalue weighted by atomic mass is 35.5. The number of nitrogens with zero attached hydrogens (tertiary/aromatic N) is 2. The Morgan fingerprint density at radius 1 is 1.22 bits per heavy atom. The van der Waals surface area contributed by atoms with E-state index in [2.05, 4.69) is 17.1 Å². The van der Waals surface area contributed by atoms with E-state index in [0.29, 0.717) is 27.4 Å². The van der Waals surface area contributed by atoms with Crippen LogP contribution in [0.25, 0.3) is 0 Å². The van der Waals surface area contributed by atoms with E-state index in [0.717, 1.165) is 12.0 Å². The summed E-state index contributed by atoms with van der Waals surface area (Å²) >= 11 is 7.30. The lowest BCUT2D eigenvalue weighted by Gasteiger charge is -2.10. The van der Waals surface area contributed by atoms with Crippen LogP contribution in [0.4, 0.5) is 0 Å². The number of carbonyl (C=O) groups is 1. The molecule has 0 bridgehead atoms. The van der Waals surface area contributed by atoms with Crippen molar-refractivity contribution < 1.29 is 13.9 Å². The fraction of sp³-hybridized carbons (Fsp3) is 0.250. The maximum absolute atomic E-state index is 12.4. The molecule has 140 valence electrons. The van der Waals surface area contributed by atoms with Gasteiger partial charge in [-0.3, -0.25) is 4.79 Å². The van der Waals surface area contributed by atoms with Gasteiger partial charge in [0.25, 0.3) is 5.22 Å². The molecule has 3 rings (SSSR count). The largest absolute Gasteiger partial charge is 0.495 e. The summed E-state index contributed by atoms with van der Waals surface area (Å²) < 4.78 is 10.9. The van der Waals surface area contributed by atoms with Gasteiger partial charge in [0.15, 0.2) is 5.78 Å². The summed E-state index contributed by atoms with van der Waals surface area (Å²) in [4.78, 5) is 12.4. The molecule has 0 radical (unpaired) electrons. The number of rotatable bonds is 8. The van der Waals surface area contributed by atoms with Gasteiger partial charge in [0.2, 0.25) is 5.89 Å². The Labute approximate surface area is 167 Å². The Balaban J connectivity index is 1.65. The molecule has 0 amide bonds. The summed E-state index contributed by atoms with van der Waals surface area (Å²) in [7, 11) is 1.53. The zero-order chi connectivity index (χ0) is 19.2. The molecule has 0 saturated carbocycles. The predicted octanol–water partition coefficient (Wildman–Crippen LogP) is 5.25. The van der Waals surface area contributed by atoms with Crippen LogP contribution in [-0.2, 0) is 0 Å². The molecule has 1 atom stereocenters. The number of hydrogen-bond acceptors (Lipinski definition) is 6. The van der Waals surface area contributed by atoms with Gasteiger partial charge in [-0.1, -0.05) is 60.6 Å². The van der Waals surface area contributed by atoms with Gasteiger partial charge in [-0.05, 0) is 30.2 Å². The van der Waals surface area contributed by atoms with Crippen LogP contribution >= 0.6 is 23.4 Å². The maximum Gasteiger partial charge on any atom is 0.277 e. The molecule has 1 heterocycles. The van der Waals surface area contributed by atoms with Crippen molar-refractivity contribution in [2.75, 3.05) is 12.9 Å². The van der Waals surface area contributed by atoms with Crippen LogP contribution < -0.4 is 4.74 Å². The molecule has 0 aliphatic rings. The molecule has 0 aliphatic carbocycles. The quantitative estimate of drug-likeness (QED) is 0.378. The van der Waals surface area contributed by atoms with Gasteiger partial charge in [0.1, 0.15) is 5.75 Å². The Kier molecular flexibility index (Phi) is 6.53. The van der Waals surface area contributed by atoms with Crippen molar-refractivity contribution in [1.29, 1.82) is 0 Å². The zero-order valence-electron chi connectivity index (χ0n) is 15.0. The number of thioether (sulfide) groups is 1. The van der Waals surface area contributed by atoms with Gasteiger partial charge >= 0.3 is 0 Å². The Morgan fingerprint density at radius 3 is 2.67 bits per heavy atom. The second-order valence-electron chi connectivity index (χ2n) is 5.84. The molecule has 0 spiro atoms. The van der Waals surface area contributed by atoms with Crippen LogP contribution in [0.15, 0.2) is 58.2 Å². The normalized spacial score (nSPS) is 12.0. The van der Waals surface area contributed by atoms with Crippen molar-refractivity contribution >= 4 is 29.1 Å². The Morgan fingerprint density at radius 2 is 2.00 bits per heavy atom. The van der Waals surface area contributed by atoms with Crippen molar-refractivity contribution in [2.24, 2.45) is 0 Å². The summed E-state index contributed by atoms with van der Waals surface area (Å²) in [6.07, 6.45) is 0.847. The summed E-state index contributed by atoms with van der Waals surface area (Å²) in [5.41, 5.74) is 1.65. The fourth-order valence-corrected chi connectivity index (χ4v) is 3.63. The molecular weight excluding hydrogens is 384 g/mol. The molecule has 0 saturated heterocycles. The molecule has 7 heteroatoms. The molecule has 1 aromatic heterocycles. The van der Waals surface area contributed by atoms with Gasteiger partial charge < -0.3 is 9.15 Å². The molecule has 0 fully saturated rings. The van der Waals surface area contributed by atoms with E-state index in [1.807, 2.05) is 30.3 Å². The number of ketones is 1. The van der Waals surface area contributed by atoms with E-state index in [9.17, 15) is 4.79 Å². The lowest BCUT2D eigenvalue weighted by atomic mass is 9.97. The standard InChI is InChI=1S/C20H19ClN2O3S/c1-3-15(13-7-5-4-6-8-13)19-22-23-20(26-19)27-12-17(24)14-9-10-18(25-2)16(21)11-14/h4-11,15H,3,12H2,1-2H3. The first kappa shape index (κ1) is 19.5. The number of methoxy groups -OCH3 is 1. The van der Waals surface area contributed by atoms with E-state index in [1.54, 1.807) is 18.2 Å². The maximum atomic E-state index is 12.4. The lowest BCUT2D eigenvalue weighted by Crippen LogP contribution is -2.02. The molecule has 3 aromatic rings. The van der Waals surface area contributed by atoms with Crippen molar-refractivity contribution in [3.63, 3.8) is 0 Å². The lowest BCUT2D eigenvalue weighted by molar-refractivity contribution is 0.102. The molecule has 1 unspecified atom stereocenters. The number of aromatic nitrogens is 2. The highest BCUT2D eigenvalue weighted by Gasteiger charge is 2.20. The third kappa shape index (κ3) is 4.70. The minimum atomic E-state index is -0.0700. The first-order valence-corrected chi connectivity index (χ1v) is 9.86. The van der Waals surface area contributed by atoms with Crippen molar-refractivity contribution in [2.45, 2.75) is 24.5 Å². The monoisotopic (exact) mass is 402 g/mol. The van der Waals surface area contributed by atoms with Crippen molar-refractivity contribution in [3.8, 4) is 5.75 Å². The summed E-state index contributed by atoms with van der Waals surface area (Å²) in [5, 5.41) is 9.02. The van der Waals surface area contributed by atoms with Crippen LogP contribution in [0, 0.1) is 0 Å². The van der Waals surface area contributed by atoms with Crippen molar-refractivity contribution in [3.05, 3.63) is 70.6 Å². The average Bonchev–Trinajstić information content (AvgIpc) is 3.16. The third-order valence-electron chi connectivity index (χ3n) is 4.13. The Bertz CT molecular complexity index is 915. The van der Waals surface area contributed by atoms with E-state index in [-0.39, 0.29) is 17.5 Å². The number of hydrogen-bond donors (Lipinski definition) is 0. The van der Waals surface area contributed by atoms with Crippen LogP contribution in [-0.4, -0.2) is 28.8 Å². The molecule has 0 N–H and O–H groups in total. The first-order chi connectivity index (χ1) is 13.1. The van der Waals surface area contributed by atoms with Crippen molar-refractivity contribution in [1.82, 2.24) is 10.2 Å². The number of benzene rings is 2. The average molecular weight is 403 g/mol. The van der Waals surface area contributed by atoms with Crippen LogP contribution in [0.5, 0.6) is 5.75 Å². The SMILES string of the molecule is CCC(c1ccccc1)c1nnc(SCC(=O)c2ccc(OC)c(Cl)c2)o1. The highest BCUT2D eigenvalue weighted by molar-refractivity contribution is 7.99. The van der Waals surface area contributed by atoms with E-state index in [1.165, 1.54) is 18.9 Å². The zero-order valence-corrected chi connectivity index (χ0v) is 16.6. The topological polar surface area (TPSA) is 65.2 Å². The van der Waals surface area contributed by atoms with Gasteiger partial charge in [0, 0.05) is 5.56 Å². The number of Topliss-reactive ketones (excluding diaryl/α,β-unsaturated/α-hetero) is 1. The summed E-state index contributed by atoms with van der Waals surface area (Å²) in [6.45, 7) is 2.08. The number of halogens is 1. The predicted molar refractivity (Wildman–Crippen MR) is 106 cm³/mol. The molecule has 0 aliphatic heterocycles. The third-order valence-corrected chi connectivity index (χ3v) is 5.24. The number of carbonyl (C=O) groups excluding carboxylic acids is 1. The highest BCUT2D eigenvalue weighted by Crippen LogP contribution is 2.30. The second kappa shape index (κ2) is 9.06. The Hall–Kier alpha value is -2.31. The van der Waals surface area contributed by atoms with E-state index in [4.69, 9.17) is 20.8 Å². The molecule has 5 nitrogen and oxygen atoms in total. The van der Waals surface area contributed by atoms with Crippen LogP contribution in [0.2, 0.25) is 5.02 Å². The van der Waals surface area contributed by atoms with Gasteiger partial charge in [-0.25, -0.2) is 0 Å². The van der Waals surface area contributed by atoms with E-state index >= 15 is 0 Å². The molecule has 2 aromatic carbocycles.